The molecule has 0 saturated carbocycles. The van der Waals surface area contributed by atoms with Crippen molar-refractivity contribution in [1.82, 2.24) is 4.90 Å². The fraction of sp³-hybridized carbons (Fsp3) is 0.385. The average Bonchev–Trinajstić information content (AvgIpc) is 2.34. The Hall–Kier alpha value is -2.02. The van der Waals surface area contributed by atoms with Crippen LogP contribution < -0.4 is 5.32 Å². The van der Waals surface area contributed by atoms with Gasteiger partial charge in [-0.2, -0.15) is 5.26 Å². The van der Waals surface area contributed by atoms with Gasteiger partial charge in [-0.05, 0) is 24.6 Å². The van der Waals surface area contributed by atoms with Crippen LogP contribution in [0.5, 0.6) is 0 Å². The first-order valence-electron chi connectivity index (χ1n) is 5.69. The number of nitriles is 1. The Morgan fingerprint density at radius 2 is 2.35 bits per heavy atom. The molecule has 1 fully saturated rings. The van der Waals surface area contributed by atoms with Gasteiger partial charge in [-0.25, -0.2) is 0 Å². The van der Waals surface area contributed by atoms with E-state index in [9.17, 15) is 4.79 Å². The van der Waals surface area contributed by atoms with Gasteiger partial charge in [-0.1, -0.05) is 6.07 Å². The van der Waals surface area contributed by atoms with Gasteiger partial charge in [-0.15, -0.1) is 0 Å². The molecule has 0 radical (unpaired) electrons. The van der Waals surface area contributed by atoms with Gasteiger partial charge in [0.15, 0.2) is 0 Å². The minimum absolute atomic E-state index is 0.203. The van der Waals surface area contributed by atoms with E-state index < -0.39 is 0 Å². The molecular formula is C13H15N3O. The number of carbonyl (C=O) groups is 1. The Balaban J connectivity index is 2.01. The van der Waals surface area contributed by atoms with Gasteiger partial charge in [0, 0.05) is 31.7 Å². The molecule has 2 rings (SSSR count). The minimum Gasteiger partial charge on any atom is -0.380 e. The summed E-state index contributed by atoms with van der Waals surface area (Å²) in [5.41, 5.74) is 1.59. The maximum absolute atomic E-state index is 11.3. The van der Waals surface area contributed by atoms with E-state index in [1.165, 1.54) is 0 Å². The molecule has 88 valence electrons. The van der Waals surface area contributed by atoms with Crippen molar-refractivity contribution < 1.29 is 4.79 Å². The number of benzene rings is 1. The zero-order valence-corrected chi connectivity index (χ0v) is 9.81. The van der Waals surface area contributed by atoms with Crippen molar-refractivity contribution in [1.29, 1.82) is 5.26 Å². The summed E-state index contributed by atoms with van der Waals surface area (Å²) in [6.45, 7) is 0.718. The summed E-state index contributed by atoms with van der Waals surface area (Å²) in [4.78, 5) is 13.1. The van der Waals surface area contributed by atoms with Crippen LogP contribution in [-0.4, -0.2) is 30.4 Å². The summed E-state index contributed by atoms with van der Waals surface area (Å²) in [7, 11) is 1.82. The second-order valence-electron chi connectivity index (χ2n) is 4.35. The standard InChI is InChI=1S/C13H15N3O/c1-16-9-12(5-6-13(16)17)15-11-4-2-3-10(7-11)8-14/h2-4,7,12,15H,5-6,9H2,1H3. The van der Waals surface area contributed by atoms with E-state index in [0.29, 0.717) is 12.0 Å². The number of rotatable bonds is 2. The number of nitrogens with zero attached hydrogens (tertiary/aromatic N) is 2. The summed E-state index contributed by atoms with van der Waals surface area (Å²) in [6, 6.07) is 9.80. The average molecular weight is 229 g/mol. The summed E-state index contributed by atoms with van der Waals surface area (Å²) >= 11 is 0. The van der Waals surface area contributed by atoms with Crippen molar-refractivity contribution in [2.24, 2.45) is 0 Å². The fourth-order valence-electron chi connectivity index (χ4n) is 2.04. The van der Waals surface area contributed by atoms with Crippen LogP contribution in [0.25, 0.3) is 0 Å². The Morgan fingerprint density at radius 3 is 3.06 bits per heavy atom. The van der Waals surface area contributed by atoms with Gasteiger partial charge in [0.1, 0.15) is 0 Å². The zero-order chi connectivity index (χ0) is 12.3. The maximum atomic E-state index is 11.3. The van der Waals surface area contributed by atoms with Crippen molar-refractivity contribution in [2.45, 2.75) is 18.9 Å². The van der Waals surface area contributed by atoms with Gasteiger partial charge in [0.05, 0.1) is 11.6 Å². The highest BCUT2D eigenvalue weighted by atomic mass is 16.2. The molecule has 1 aliphatic rings. The SMILES string of the molecule is CN1CC(Nc2cccc(C#N)c2)CCC1=O. The lowest BCUT2D eigenvalue weighted by Crippen LogP contribution is -2.43. The quantitative estimate of drug-likeness (QED) is 0.837. The summed E-state index contributed by atoms with van der Waals surface area (Å²) in [5, 5.41) is 12.2. The van der Waals surface area contributed by atoms with E-state index in [1.807, 2.05) is 25.2 Å². The Morgan fingerprint density at radius 1 is 1.53 bits per heavy atom. The Bertz CT molecular complexity index is 464. The smallest absolute Gasteiger partial charge is 0.222 e. The number of nitrogens with one attached hydrogen (secondary N) is 1. The van der Waals surface area contributed by atoms with Crippen molar-refractivity contribution in [3.63, 3.8) is 0 Å². The van der Waals surface area contributed by atoms with Crippen LogP contribution in [0.3, 0.4) is 0 Å². The molecule has 1 unspecified atom stereocenters. The van der Waals surface area contributed by atoms with Crippen molar-refractivity contribution in [3.8, 4) is 6.07 Å². The molecule has 0 bridgehead atoms. The number of likely N-dealkylation sites (tertiary alicyclic amines) is 1. The molecule has 4 nitrogen and oxygen atoms in total. The maximum Gasteiger partial charge on any atom is 0.222 e. The lowest BCUT2D eigenvalue weighted by molar-refractivity contribution is -0.132. The third-order valence-electron chi connectivity index (χ3n) is 2.99. The predicted octanol–water partition coefficient (Wildman–Crippen LogP) is 1.59. The highest BCUT2D eigenvalue weighted by Crippen LogP contribution is 2.16. The molecule has 1 amide bonds. The summed E-state index contributed by atoms with van der Waals surface area (Å²) in [6.07, 6.45) is 1.44. The molecule has 1 aromatic carbocycles. The minimum atomic E-state index is 0.203. The van der Waals surface area contributed by atoms with Crippen LogP contribution in [0, 0.1) is 11.3 Å². The predicted molar refractivity (Wildman–Crippen MR) is 65.4 cm³/mol. The van der Waals surface area contributed by atoms with E-state index >= 15 is 0 Å². The van der Waals surface area contributed by atoms with Crippen LogP contribution in [0.4, 0.5) is 5.69 Å². The van der Waals surface area contributed by atoms with Gasteiger partial charge in [-0.3, -0.25) is 4.79 Å². The van der Waals surface area contributed by atoms with Gasteiger partial charge in [0.25, 0.3) is 0 Å². The molecule has 17 heavy (non-hydrogen) atoms. The Kier molecular flexibility index (Phi) is 3.29. The van der Waals surface area contributed by atoms with Crippen LogP contribution in [0.1, 0.15) is 18.4 Å². The van der Waals surface area contributed by atoms with E-state index in [-0.39, 0.29) is 11.9 Å². The molecule has 1 heterocycles. The largest absolute Gasteiger partial charge is 0.380 e. The van der Waals surface area contributed by atoms with E-state index in [1.54, 1.807) is 11.0 Å². The Labute approximate surface area is 101 Å². The van der Waals surface area contributed by atoms with E-state index in [0.717, 1.165) is 18.7 Å². The van der Waals surface area contributed by atoms with Gasteiger partial charge >= 0.3 is 0 Å². The molecule has 0 aromatic heterocycles. The van der Waals surface area contributed by atoms with Crippen LogP contribution in [-0.2, 0) is 4.79 Å². The first-order chi connectivity index (χ1) is 8.19. The van der Waals surface area contributed by atoms with Gasteiger partial charge < -0.3 is 10.2 Å². The van der Waals surface area contributed by atoms with Crippen molar-refractivity contribution in [2.75, 3.05) is 18.9 Å². The third kappa shape index (κ3) is 2.76. The highest BCUT2D eigenvalue weighted by molar-refractivity contribution is 5.77. The normalized spacial score (nSPS) is 19.9. The molecule has 1 aliphatic heterocycles. The topological polar surface area (TPSA) is 56.1 Å². The molecular weight excluding hydrogens is 214 g/mol. The molecule has 0 spiro atoms. The zero-order valence-electron chi connectivity index (χ0n) is 9.81. The summed E-state index contributed by atoms with van der Waals surface area (Å²) in [5.74, 6) is 0.203. The van der Waals surface area contributed by atoms with E-state index in [4.69, 9.17) is 5.26 Å². The number of hydrogen-bond acceptors (Lipinski definition) is 3. The highest BCUT2D eigenvalue weighted by Gasteiger charge is 2.22. The number of amides is 1. The van der Waals surface area contributed by atoms with Crippen LogP contribution in [0.15, 0.2) is 24.3 Å². The van der Waals surface area contributed by atoms with Crippen molar-refractivity contribution >= 4 is 11.6 Å². The van der Waals surface area contributed by atoms with Crippen molar-refractivity contribution in [3.05, 3.63) is 29.8 Å². The molecule has 1 saturated heterocycles. The number of carbonyl (C=O) groups excluding carboxylic acids is 1. The van der Waals surface area contributed by atoms with Crippen LogP contribution >= 0.6 is 0 Å². The number of hydrogen-bond donors (Lipinski definition) is 1. The number of piperidine rings is 1. The first-order valence-corrected chi connectivity index (χ1v) is 5.69. The third-order valence-corrected chi connectivity index (χ3v) is 2.99. The van der Waals surface area contributed by atoms with Crippen LogP contribution in [0.2, 0.25) is 0 Å². The van der Waals surface area contributed by atoms with Gasteiger partial charge in [0.2, 0.25) is 5.91 Å². The molecule has 1 atom stereocenters. The second kappa shape index (κ2) is 4.88. The summed E-state index contributed by atoms with van der Waals surface area (Å²) < 4.78 is 0. The lowest BCUT2D eigenvalue weighted by atomic mass is 10.1. The lowest BCUT2D eigenvalue weighted by Gasteiger charge is -2.30. The number of anilines is 1. The first kappa shape index (κ1) is 11.5. The monoisotopic (exact) mass is 229 g/mol. The molecule has 1 aromatic rings. The molecule has 0 aliphatic carbocycles. The molecule has 1 N–H and O–H groups in total. The molecule has 4 heteroatoms. The number of likely N-dealkylation sites (N-methyl/N-ethyl adjacent to an activating group) is 1. The fourth-order valence-corrected chi connectivity index (χ4v) is 2.04. The van der Waals surface area contributed by atoms with E-state index in [2.05, 4.69) is 11.4 Å². The second-order valence-corrected chi connectivity index (χ2v) is 4.35.